The molecule has 0 aromatic carbocycles. The molecule has 1 atom stereocenters. The molecular weight excluding hydrogens is 224 g/mol. The Morgan fingerprint density at radius 1 is 1.11 bits per heavy atom. The van der Waals surface area contributed by atoms with E-state index < -0.39 is 0 Å². The van der Waals surface area contributed by atoms with Gasteiger partial charge in [0.1, 0.15) is 0 Å². The summed E-state index contributed by atoms with van der Waals surface area (Å²) in [6.07, 6.45) is 7.93. The van der Waals surface area contributed by atoms with Crippen LogP contribution in [0.3, 0.4) is 0 Å². The highest BCUT2D eigenvalue weighted by Crippen LogP contribution is 2.17. The van der Waals surface area contributed by atoms with E-state index in [-0.39, 0.29) is 0 Å². The Balaban J connectivity index is 2.40. The van der Waals surface area contributed by atoms with Crippen LogP contribution in [0.25, 0.3) is 0 Å². The molecule has 1 amide bonds. The molecule has 0 unspecified atom stereocenters. The number of carbonyl (C=O) groups excluding carboxylic acids is 1. The standard InChI is InChI=1S/C15H30N2O/c1-13(2)10-14(12-16)11-15(18)17-8-6-4-3-5-7-9-17/h13-14H,3-12,16H2,1-2H3/t14-/m0/s1. The number of nitrogens with zero attached hydrogens (tertiary/aromatic N) is 1. The SMILES string of the molecule is CC(C)C[C@H](CN)CC(=O)N1CCCCCCC1. The third kappa shape index (κ3) is 5.85. The fourth-order valence-electron chi connectivity index (χ4n) is 2.80. The van der Waals surface area contributed by atoms with Gasteiger partial charge in [-0.25, -0.2) is 0 Å². The Labute approximate surface area is 112 Å². The Bertz CT molecular complexity index is 233. The van der Waals surface area contributed by atoms with E-state index in [2.05, 4.69) is 18.7 Å². The first-order valence-electron chi connectivity index (χ1n) is 7.61. The minimum atomic E-state index is 0.327. The lowest BCUT2D eigenvalue weighted by atomic mass is 9.93. The molecule has 0 radical (unpaired) electrons. The second-order valence-corrected chi connectivity index (χ2v) is 6.08. The average Bonchev–Trinajstić information content (AvgIpc) is 2.26. The van der Waals surface area contributed by atoms with Crippen molar-refractivity contribution in [3.05, 3.63) is 0 Å². The van der Waals surface area contributed by atoms with Gasteiger partial charge in [0, 0.05) is 19.5 Å². The van der Waals surface area contributed by atoms with Crippen LogP contribution in [0.1, 0.15) is 58.8 Å². The van der Waals surface area contributed by atoms with E-state index in [0.29, 0.717) is 30.7 Å². The first-order chi connectivity index (χ1) is 8.63. The molecule has 0 bridgehead atoms. The van der Waals surface area contributed by atoms with Gasteiger partial charge in [0.05, 0.1) is 0 Å². The van der Waals surface area contributed by atoms with Gasteiger partial charge in [0.25, 0.3) is 0 Å². The number of carbonyl (C=O) groups is 1. The molecule has 0 saturated carbocycles. The van der Waals surface area contributed by atoms with Gasteiger partial charge in [-0.2, -0.15) is 0 Å². The van der Waals surface area contributed by atoms with Crippen molar-refractivity contribution < 1.29 is 4.79 Å². The van der Waals surface area contributed by atoms with Crippen molar-refractivity contribution in [2.45, 2.75) is 58.8 Å². The maximum absolute atomic E-state index is 12.3. The maximum atomic E-state index is 12.3. The molecule has 1 heterocycles. The summed E-state index contributed by atoms with van der Waals surface area (Å²) in [5, 5.41) is 0. The fourth-order valence-corrected chi connectivity index (χ4v) is 2.80. The van der Waals surface area contributed by atoms with Gasteiger partial charge in [0.15, 0.2) is 0 Å². The molecule has 0 aromatic rings. The Morgan fingerprint density at radius 3 is 2.17 bits per heavy atom. The number of hydrogen-bond acceptors (Lipinski definition) is 2. The van der Waals surface area contributed by atoms with Crippen LogP contribution in [0.4, 0.5) is 0 Å². The molecule has 2 N–H and O–H groups in total. The van der Waals surface area contributed by atoms with Gasteiger partial charge in [0.2, 0.25) is 5.91 Å². The average molecular weight is 254 g/mol. The van der Waals surface area contributed by atoms with Crippen molar-refractivity contribution >= 4 is 5.91 Å². The molecule has 1 fully saturated rings. The van der Waals surface area contributed by atoms with Crippen LogP contribution in [0.2, 0.25) is 0 Å². The first kappa shape index (κ1) is 15.5. The molecule has 18 heavy (non-hydrogen) atoms. The smallest absolute Gasteiger partial charge is 0.222 e. The third-order valence-corrected chi connectivity index (χ3v) is 3.81. The van der Waals surface area contributed by atoms with Crippen LogP contribution < -0.4 is 5.73 Å². The first-order valence-corrected chi connectivity index (χ1v) is 7.61. The van der Waals surface area contributed by atoms with E-state index in [9.17, 15) is 4.79 Å². The predicted molar refractivity (Wildman–Crippen MR) is 76.3 cm³/mol. The van der Waals surface area contributed by atoms with Crippen molar-refractivity contribution in [2.24, 2.45) is 17.6 Å². The van der Waals surface area contributed by atoms with Crippen LogP contribution in [0, 0.1) is 11.8 Å². The fraction of sp³-hybridized carbons (Fsp3) is 0.933. The third-order valence-electron chi connectivity index (χ3n) is 3.81. The van der Waals surface area contributed by atoms with Gasteiger partial charge in [-0.15, -0.1) is 0 Å². The Hall–Kier alpha value is -0.570. The minimum Gasteiger partial charge on any atom is -0.343 e. The van der Waals surface area contributed by atoms with E-state index in [1.807, 2.05) is 0 Å². The van der Waals surface area contributed by atoms with Crippen molar-refractivity contribution in [3.8, 4) is 0 Å². The lowest BCUT2D eigenvalue weighted by Gasteiger charge is -2.27. The molecule has 3 nitrogen and oxygen atoms in total. The number of hydrogen-bond donors (Lipinski definition) is 1. The summed E-state index contributed by atoms with van der Waals surface area (Å²) in [6.45, 7) is 6.94. The van der Waals surface area contributed by atoms with Gasteiger partial charge in [-0.05, 0) is 37.6 Å². The number of amides is 1. The Kier molecular flexibility index (Phi) is 7.33. The largest absolute Gasteiger partial charge is 0.343 e. The summed E-state index contributed by atoms with van der Waals surface area (Å²) in [4.78, 5) is 14.4. The minimum absolute atomic E-state index is 0.327. The molecule has 106 valence electrons. The molecule has 0 spiro atoms. The summed E-state index contributed by atoms with van der Waals surface area (Å²) < 4.78 is 0. The van der Waals surface area contributed by atoms with Crippen LogP contribution in [0.5, 0.6) is 0 Å². The highest BCUT2D eigenvalue weighted by atomic mass is 16.2. The Morgan fingerprint density at radius 2 is 1.67 bits per heavy atom. The van der Waals surface area contributed by atoms with E-state index >= 15 is 0 Å². The zero-order valence-corrected chi connectivity index (χ0v) is 12.2. The van der Waals surface area contributed by atoms with E-state index in [1.165, 1.54) is 32.1 Å². The van der Waals surface area contributed by atoms with Crippen LogP contribution >= 0.6 is 0 Å². The molecule has 0 aliphatic carbocycles. The second kappa shape index (κ2) is 8.52. The van der Waals surface area contributed by atoms with Gasteiger partial charge >= 0.3 is 0 Å². The zero-order valence-electron chi connectivity index (χ0n) is 12.2. The lowest BCUT2D eigenvalue weighted by Crippen LogP contribution is -2.36. The van der Waals surface area contributed by atoms with Gasteiger partial charge in [-0.1, -0.05) is 33.1 Å². The van der Waals surface area contributed by atoms with Crippen LogP contribution in [-0.4, -0.2) is 30.4 Å². The van der Waals surface area contributed by atoms with E-state index in [0.717, 1.165) is 19.5 Å². The molecule has 1 aliphatic rings. The van der Waals surface area contributed by atoms with Crippen molar-refractivity contribution in [1.82, 2.24) is 4.90 Å². The molecular formula is C15H30N2O. The number of nitrogens with two attached hydrogens (primary N) is 1. The summed E-state index contributed by atoms with van der Waals surface area (Å²) >= 11 is 0. The molecule has 0 aromatic heterocycles. The molecule has 1 aliphatic heterocycles. The van der Waals surface area contributed by atoms with E-state index in [4.69, 9.17) is 5.73 Å². The summed E-state index contributed by atoms with van der Waals surface area (Å²) in [5.74, 6) is 1.31. The number of likely N-dealkylation sites (tertiary alicyclic amines) is 1. The molecule has 1 saturated heterocycles. The second-order valence-electron chi connectivity index (χ2n) is 6.08. The molecule has 3 heteroatoms. The molecule has 1 rings (SSSR count). The quantitative estimate of drug-likeness (QED) is 0.820. The van der Waals surface area contributed by atoms with Gasteiger partial charge in [-0.3, -0.25) is 4.79 Å². The summed E-state index contributed by atoms with van der Waals surface area (Å²) in [5.41, 5.74) is 5.78. The van der Waals surface area contributed by atoms with Gasteiger partial charge < -0.3 is 10.6 Å². The van der Waals surface area contributed by atoms with Crippen LogP contribution in [0.15, 0.2) is 0 Å². The highest BCUT2D eigenvalue weighted by molar-refractivity contribution is 5.76. The van der Waals surface area contributed by atoms with Crippen molar-refractivity contribution in [2.75, 3.05) is 19.6 Å². The summed E-state index contributed by atoms with van der Waals surface area (Å²) in [7, 11) is 0. The zero-order chi connectivity index (χ0) is 13.4. The normalized spacial score (nSPS) is 19.4. The van der Waals surface area contributed by atoms with Crippen molar-refractivity contribution in [3.63, 3.8) is 0 Å². The predicted octanol–water partition coefficient (Wildman–Crippen LogP) is 2.79. The number of rotatable bonds is 5. The summed E-state index contributed by atoms with van der Waals surface area (Å²) in [6, 6.07) is 0. The van der Waals surface area contributed by atoms with Crippen molar-refractivity contribution in [1.29, 1.82) is 0 Å². The van der Waals surface area contributed by atoms with Crippen LogP contribution in [-0.2, 0) is 4.79 Å². The maximum Gasteiger partial charge on any atom is 0.222 e. The highest BCUT2D eigenvalue weighted by Gasteiger charge is 2.19. The monoisotopic (exact) mass is 254 g/mol. The van der Waals surface area contributed by atoms with E-state index in [1.54, 1.807) is 0 Å². The lowest BCUT2D eigenvalue weighted by molar-refractivity contribution is -0.132. The topological polar surface area (TPSA) is 46.3 Å².